The Hall–Kier alpha value is -0.0800. The lowest BCUT2D eigenvalue weighted by Crippen LogP contribution is -1.95. The van der Waals surface area contributed by atoms with Gasteiger partial charge >= 0.3 is 0 Å². The van der Waals surface area contributed by atoms with E-state index in [1.165, 1.54) is 0 Å². The van der Waals surface area contributed by atoms with Gasteiger partial charge in [-0.3, -0.25) is 0 Å². The van der Waals surface area contributed by atoms with Crippen LogP contribution < -0.4 is 0 Å². The van der Waals surface area contributed by atoms with Crippen LogP contribution in [-0.4, -0.2) is 22.4 Å². The Kier molecular flexibility index (Phi) is 13.1. The second-order valence-corrected chi connectivity index (χ2v) is 3.28. The van der Waals surface area contributed by atoms with Crippen LogP contribution in [0.2, 0.25) is 0 Å². The van der Waals surface area contributed by atoms with Crippen LogP contribution in [0.15, 0.2) is 0 Å². The molecule has 2 nitrogen and oxygen atoms in total. The third-order valence-corrected chi connectivity index (χ3v) is 1.41. The van der Waals surface area contributed by atoms with Gasteiger partial charge in [0.15, 0.2) is 0 Å². The van der Waals surface area contributed by atoms with Crippen LogP contribution in [0, 0.1) is 0 Å². The highest BCUT2D eigenvalue weighted by Crippen LogP contribution is 1.91. The lowest BCUT2D eigenvalue weighted by molar-refractivity contribution is 0.183. The fraction of sp³-hybridized carbons (Fsp3) is 1.00. The van der Waals surface area contributed by atoms with E-state index in [0.717, 1.165) is 25.7 Å². The smallest absolute Gasteiger partial charge is 0.0512 e. The van der Waals surface area contributed by atoms with Crippen LogP contribution in [0.1, 0.15) is 53.4 Å². The van der Waals surface area contributed by atoms with Crippen molar-refractivity contribution in [2.45, 2.75) is 65.6 Å². The van der Waals surface area contributed by atoms with Gasteiger partial charge in [0.25, 0.3) is 0 Å². The van der Waals surface area contributed by atoms with E-state index >= 15 is 0 Å². The minimum Gasteiger partial charge on any atom is -0.393 e. The summed E-state index contributed by atoms with van der Waals surface area (Å²) in [5.74, 6) is 0. The van der Waals surface area contributed by atoms with Crippen LogP contribution in [0.5, 0.6) is 0 Å². The molecule has 76 valence electrons. The van der Waals surface area contributed by atoms with E-state index in [1.54, 1.807) is 0 Å². The van der Waals surface area contributed by atoms with Gasteiger partial charge in [0, 0.05) is 0 Å². The largest absolute Gasteiger partial charge is 0.393 e. The molecule has 0 fully saturated rings. The summed E-state index contributed by atoms with van der Waals surface area (Å²) in [4.78, 5) is 0. The molecule has 0 aromatic carbocycles. The first-order valence-electron chi connectivity index (χ1n) is 4.90. The normalized spacial score (nSPS) is 14.5. The predicted molar refractivity (Wildman–Crippen MR) is 53.2 cm³/mol. The number of rotatable bonds is 4. The molecule has 0 aromatic heterocycles. The van der Waals surface area contributed by atoms with Crippen LogP contribution >= 0.6 is 0 Å². The summed E-state index contributed by atoms with van der Waals surface area (Å²) < 4.78 is 0. The van der Waals surface area contributed by atoms with Crippen molar-refractivity contribution in [1.82, 2.24) is 0 Å². The van der Waals surface area contributed by atoms with E-state index in [9.17, 15) is 0 Å². The van der Waals surface area contributed by atoms with Gasteiger partial charge in [-0.1, -0.05) is 26.7 Å². The molecule has 0 aromatic rings. The topological polar surface area (TPSA) is 40.5 Å². The number of aliphatic hydroxyl groups is 2. The van der Waals surface area contributed by atoms with Crippen molar-refractivity contribution in [2.24, 2.45) is 0 Å². The van der Waals surface area contributed by atoms with Crippen molar-refractivity contribution in [3.63, 3.8) is 0 Å². The molecule has 2 atom stereocenters. The van der Waals surface area contributed by atoms with Crippen LogP contribution in [-0.2, 0) is 0 Å². The molecule has 0 bridgehead atoms. The number of aliphatic hydroxyl groups excluding tert-OH is 2. The van der Waals surface area contributed by atoms with Gasteiger partial charge in [0.2, 0.25) is 0 Å². The summed E-state index contributed by atoms with van der Waals surface area (Å²) >= 11 is 0. The molecule has 0 spiro atoms. The summed E-state index contributed by atoms with van der Waals surface area (Å²) in [6.45, 7) is 7.74. The van der Waals surface area contributed by atoms with Gasteiger partial charge in [-0.25, -0.2) is 0 Å². The minimum atomic E-state index is -0.102. The maximum Gasteiger partial charge on any atom is 0.0512 e. The highest BCUT2D eigenvalue weighted by Gasteiger charge is 1.87. The monoisotopic (exact) mass is 176 g/mol. The van der Waals surface area contributed by atoms with Crippen molar-refractivity contribution in [3.05, 3.63) is 0 Å². The maximum atomic E-state index is 8.55. The van der Waals surface area contributed by atoms with E-state index < -0.39 is 0 Å². The van der Waals surface area contributed by atoms with Gasteiger partial charge in [0.1, 0.15) is 0 Å². The lowest BCUT2D eigenvalue weighted by Gasteiger charge is -1.95. The molecule has 0 aliphatic heterocycles. The summed E-state index contributed by atoms with van der Waals surface area (Å²) in [7, 11) is 0. The molecule has 0 radical (unpaired) electrons. The van der Waals surface area contributed by atoms with Gasteiger partial charge in [-0.2, -0.15) is 0 Å². The van der Waals surface area contributed by atoms with Crippen molar-refractivity contribution < 1.29 is 10.2 Å². The standard InChI is InChI=1S/2C5H12O/c2*1-3-4-5(2)6/h2*5-6H,3-4H2,1-2H3. The first kappa shape index (κ1) is 14.4. The van der Waals surface area contributed by atoms with Crippen LogP contribution in [0.4, 0.5) is 0 Å². The molecule has 12 heavy (non-hydrogen) atoms. The third-order valence-electron chi connectivity index (χ3n) is 1.41. The van der Waals surface area contributed by atoms with E-state index in [0.29, 0.717) is 0 Å². The fourth-order valence-electron chi connectivity index (χ4n) is 0.836. The van der Waals surface area contributed by atoms with Crippen molar-refractivity contribution in [1.29, 1.82) is 0 Å². The van der Waals surface area contributed by atoms with Crippen molar-refractivity contribution in [2.75, 3.05) is 0 Å². The highest BCUT2D eigenvalue weighted by atomic mass is 16.3. The molecule has 0 saturated carbocycles. The Morgan fingerprint density at radius 1 is 0.833 bits per heavy atom. The minimum absolute atomic E-state index is 0.102. The zero-order chi connectivity index (χ0) is 9.98. The molecule has 2 unspecified atom stereocenters. The Bertz CT molecular complexity index is 60.2. The predicted octanol–water partition coefficient (Wildman–Crippen LogP) is 2.33. The second kappa shape index (κ2) is 10.9. The molecule has 0 aliphatic rings. The SMILES string of the molecule is CCCC(C)O.CCCC(C)O. The van der Waals surface area contributed by atoms with Gasteiger partial charge in [-0.05, 0) is 26.7 Å². The first-order valence-corrected chi connectivity index (χ1v) is 4.90. The molecule has 0 aliphatic carbocycles. The summed E-state index contributed by atoms with van der Waals surface area (Å²) in [6.07, 6.45) is 3.82. The summed E-state index contributed by atoms with van der Waals surface area (Å²) in [5, 5.41) is 17.1. The Morgan fingerprint density at radius 2 is 1.08 bits per heavy atom. The van der Waals surface area contributed by atoms with Crippen LogP contribution in [0.25, 0.3) is 0 Å². The first-order chi connectivity index (χ1) is 5.54. The van der Waals surface area contributed by atoms with Crippen molar-refractivity contribution in [3.8, 4) is 0 Å². The molecule has 0 rings (SSSR count). The summed E-state index contributed by atoms with van der Waals surface area (Å²) in [5.41, 5.74) is 0. The van der Waals surface area contributed by atoms with Gasteiger partial charge in [0.05, 0.1) is 12.2 Å². The van der Waals surface area contributed by atoms with Gasteiger partial charge in [-0.15, -0.1) is 0 Å². The maximum absolute atomic E-state index is 8.55. The van der Waals surface area contributed by atoms with Crippen molar-refractivity contribution >= 4 is 0 Å². The van der Waals surface area contributed by atoms with E-state index in [-0.39, 0.29) is 12.2 Å². The van der Waals surface area contributed by atoms with E-state index in [2.05, 4.69) is 13.8 Å². The zero-order valence-corrected chi connectivity index (χ0v) is 8.88. The fourth-order valence-corrected chi connectivity index (χ4v) is 0.836. The second-order valence-electron chi connectivity index (χ2n) is 3.28. The zero-order valence-electron chi connectivity index (χ0n) is 8.88. The molecular weight excluding hydrogens is 152 g/mol. The average Bonchev–Trinajstić information content (AvgIpc) is 1.87. The Labute approximate surface area is 76.6 Å². The molecule has 2 N–H and O–H groups in total. The Balaban J connectivity index is 0. The molecule has 0 saturated heterocycles. The quantitative estimate of drug-likeness (QED) is 0.690. The highest BCUT2D eigenvalue weighted by molar-refractivity contribution is 4.41. The summed E-state index contributed by atoms with van der Waals surface area (Å²) in [6, 6.07) is 0. The number of hydrogen-bond donors (Lipinski definition) is 2. The Morgan fingerprint density at radius 3 is 1.08 bits per heavy atom. The molecular formula is C10H24O2. The molecule has 2 heteroatoms. The van der Waals surface area contributed by atoms with E-state index in [1.807, 2.05) is 13.8 Å². The average molecular weight is 176 g/mol. The van der Waals surface area contributed by atoms with Crippen LogP contribution in [0.3, 0.4) is 0 Å². The van der Waals surface area contributed by atoms with E-state index in [4.69, 9.17) is 10.2 Å². The molecule has 0 amide bonds. The number of hydrogen-bond acceptors (Lipinski definition) is 2. The van der Waals surface area contributed by atoms with Gasteiger partial charge < -0.3 is 10.2 Å². The lowest BCUT2D eigenvalue weighted by atomic mass is 10.2. The molecule has 0 heterocycles. The third kappa shape index (κ3) is 22.5.